The SMILES string of the molecule is CCC(C)(C)C(CNC)OC. The summed E-state index contributed by atoms with van der Waals surface area (Å²) in [7, 11) is 3.73. The lowest BCUT2D eigenvalue weighted by molar-refractivity contribution is 0.00695. The molecule has 0 amide bonds. The van der Waals surface area contributed by atoms with Gasteiger partial charge in [0.05, 0.1) is 6.10 Å². The van der Waals surface area contributed by atoms with Gasteiger partial charge in [0.15, 0.2) is 0 Å². The van der Waals surface area contributed by atoms with Crippen LogP contribution in [0.25, 0.3) is 0 Å². The Morgan fingerprint density at radius 2 is 2.00 bits per heavy atom. The first kappa shape index (κ1) is 10.9. The normalized spacial score (nSPS) is 15.0. The summed E-state index contributed by atoms with van der Waals surface area (Å²) in [5, 5.41) is 3.13. The van der Waals surface area contributed by atoms with Crippen LogP contribution in [0.3, 0.4) is 0 Å². The molecule has 0 spiro atoms. The molecule has 0 aliphatic heterocycles. The fraction of sp³-hybridized carbons (Fsp3) is 1.00. The van der Waals surface area contributed by atoms with Gasteiger partial charge in [-0.2, -0.15) is 0 Å². The molecule has 0 saturated carbocycles. The van der Waals surface area contributed by atoms with Gasteiger partial charge in [0, 0.05) is 13.7 Å². The number of ether oxygens (including phenoxy) is 1. The van der Waals surface area contributed by atoms with E-state index in [0.29, 0.717) is 6.10 Å². The van der Waals surface area contributed by atoms with Gasteiger partial charge in [0.1, 0.15) is 0 Å². The van der Waals surface area contributed by atoms with E-state index in [1.165, 1.54) is 0 Å². The van der Waals surface area contributed by atoms with Crippen LogP contribution in [0.15, 0.2) is 0 Å². The second kappa shape index (κ2) is 4.73. The van der Waals surface area contributed by atoms with Gasteiger partial charge in [-0.25, -0.2) is 0 Å². The van der Waals surface area contributed by atoms with Crippen molar-refractivity contribution in [2.75, 3.05) is 20.7 Å². The molecule has 0 saturated heterocycles. The van der Waals surface area contributed by atoms with E-state index < -0.39 is 0 Å². The van der Waals surface area contributed by atoms with Crippen molar-refractivity contribution in [3.63, 3.8) is 0 Å². The smallest absolute Gasteiger partial charge is 0.0746 e. The standard InChI is InChI=1S/C9H21NO/c1-6-9(2,3)8(11-5)7-10-4/h8,10H,6-7H2,1-5H3. The molecule has 0 bridgehead atoms. The molecule has 1 atom stereocenters. The summed E-state index contributed by atoms with van der Waals surface area (Å²) in [5.74, 6) is 0. The lowest BCUT2D eigenvalue weighted by Gasteiger charge is -2.32. The lowest BCUT2D eigenvalue weighted by Crippen LogP contribution is -2.38. The van der Waals surface area contributed by atoms with Gasteiger partial charge < -0.3 is 10.1 Å². The van der Waals surface area contributed by atoms with Gasteiger partial charge in [-0.3, -0.25) is 0 Å². The monoisotopic (exact) mass is 159 g/mol. The van der Waals surface area contributed by atoms with Gasteiger partial charge in [0.2, 0.25) is 0 Å². The number of nitrogens with one attached hydrogen (secondary N) is 1. The van der Waals surface area contributed by atoms with Crippen LogP contribution in [0.4, 0.5) is 0 Å². The minimum atomic E-state index is 0.276. The van der Waals surface area contributed by atoms with Crippen LogP contribution in [0.1, 0.15) is 27.2 Å². The number of hydrogen-bond acceptors (Lipinski definition) is 2. The van der Waals surface area contributed by atoms with Crippen molar-refractivity contribution < 1.29 is 4.74 Å². The van der Waals surface area contributed by atoms with Crippen LogP contribution in [-0.4, -0.2) is 26.8 Å². The number of methoxy groups -OCH3 is 1. The highest BCUT2D eigenvalue weighted by molar-refractivity contribution is 4.78. The molecule has 0 aromatic carbocycles. The van der Waals surface area contributed by atoms with Gasteiger partial charge in [0.25, 0.3) is 0 Å². The minimum Gasteiger partial charge on any atom is -0.380 e. The van der Waals surface area contributed by atoms with Crippen molar-refractivity contribution in [1.82, 2.24) is 5.32 Å². The van der Waals surface area contributed by atoms with Crippen LogP contribution in [0, 0.1) is 5.41 Å². The Morgan fingerprint density at radius 3 is 2.27 bits per heavy atom. The zero-order valence-electron chi connectivity index (χ0n) is 8.40. The van der Waals surface area contributed by atoms with Gasteiger partial charge in [-0.05, 0) is 18.9 Å². The zero-order chi connectivity index (χ0) is 8.91. The highest BCUT2D eigenvalue weighted by atomic mass is 16.5. The average molecular weight is 159 g/mol. The van der Waals surface area contributed by atoms with Gasteiger partial charge >= 0.3 is 0 Å². The molecule has 0 radical (unpaired) electrons. The Morgan fingerprint density at radius 1 is 1.45 bits per heavy atom. The van der Waals surface area contributed by atoms with E-state index in [2.05, 4.69) is 26.1 Å². The Kier molecular flexibility index (Phi) is 4.69. The molecule has 0 aromatic rings. The van der Waals surface area contributed by atoms with Gasteiger partial charge in [-0.1, -0.05) is 20.8 Å². The molecule has 11 heavy (non-hydrogen) atoms. The zero-order valence-corrected chi connectivity index (χ0v) is 8.40. The molecule has 0 aliphatic rings. The average Bonchev–Trinajstić information content (AvgIpc) is 2.00. The maximum atomic E-state index is 5.38. The van der Waals surface area contributed by atoms with Crippen molar-refractivity contribution in [2.24, 2.45) is 5.41 Å². The fourth-order valence-corrected chi connectivity index (χ4v) is 1.09. The number of hydrogen-bond donors (Lipinski definition) is 1. The number of likely N-dealkylation sites (N-methyl/N-ethyl adjacent to an activating group) is 1. The molecular formula is C9H21NO. The first-order chi connectivity index (χ1) is 5.08. The van der Waals surface area contributed by atoms with E-state index >= 15 is 0 Å². The first-order valence-electron chi connectivity index (χ1n) is 4.26. The van der Waals surface area contributed by atoms with Crippen LogP contribution in [-0.2, 0) is 4.74 Å². The molecule has 0 heterocycles. The second-order valence-electron chi connectivity index (χ2n) is 3.62. The fourth-order valence-electron chi connectivity index (χ4n) is 1.09. The molecule has 1 unspecified atom stereocenters. The molecule has 1 N–H and O–H groups in total. The molecule has 2 nitrogen and oxygen atoms in total. The molecule has 0 aliphatic carbocycles. The molecule has 2 heteroatoms. The van der Waals surface area contributed by atoms with Crippen LogP contribution >= 0.6 is 0 Å². The Labute approximate surface area is 70.3 Å². The third kappa shape index (κ3) is 3.21. The topological polar surface area (TPSA) is 21.3 Å². The van der Waals surface area contributed by atoms with Crippen LogP contribution in [0.2, 0.25) is 0 Å². The first-order valence-corrected chi connectivity index (χ1v) is 4.26. The minimum absolute atomic E-state index is 0.276. The molecule has 68 valence electrons. The Bertz CT molecular complexity index is 102. The van der Waals surface area contributed by atoms with E-state index in [-0.39, 0.29) is 5.41 Å². The Hall–Kier alpha value is -0.0800. The van der Waals surface area contributed by atoms with Crippen molar-refractivity contribution in [3.8, 4) is 0 Å². The van der Waals surface area contributed by atoms with Crippen LogP contribution in [0.5, 0.6) is 0 Å². The largest absolute Gasteiger partial charge is 0.380 e. The summed E-state index contributed by atoms with van der Waals surface area (Å²) in [6.07, 6.45) is 1.46. The summed E-state index contributed by atoms with van der Waals surface area (Å²) < 4.78 is 5.38. The van der Waals surface area contributed by atoms with E-state index in [9.17, 15) is 0 Å². The van der Waals surface area contributed by atoms with Crippen molar-refractivity contribution >= 4 is 0 Å². The van der Waals surface area contributed by atoms with Crippen molar-refractivity contribution in [1.29, 1.82) is 0 Å². The third-order valence-electron chi connectivity index (χ3n) is 2.46. The van der Waals surface area contributed by atoms with E-state index in [4.69, 9.17) is 4.74 Å². The van der Waals surface area contributed by atoms with Crippen LogP contribution < -0.4 is 5.32 Å². The summed E-state index contributed by atoms with van der Waals surface area (Å²) in [5.41, 5.74) is 0.276. The molecular weight excluding hydrogens is 138 g/mol. The maximum absolute atomic E-state index is 5.38. The van der Waals surface area contributed by atoms with Crippen molar-refractivity contribution in [2.45, 2.75) is 33.3 Å². The van der Waals surface area contributed by atoms with Gasteiger partial charge in [-0.15, -0.1) is 0 Å². The summed E-state index contributed by atoms with van der Waals surface area (Å²) in [6, 6.07) is 0. The van der Waals surface area contributed by atoms with E-state index in [1.54, 1.807) is 7.11 Å². The second-order valence-corrected chi connectivity index (χ2v) is 3.62. The summed E-state index contributed by atoms with van der Waals surface area (Å²) in [4.78, 5) is 0. The van der Waals surface area contributed by atoms with E-state index in [1.807, 2.05) is 7.05 Å². The van der Waals surface area contributed by atoms with Crippen molar-refractivity contribution in [3.05, 3.63) is 0 Å². The highest BCUT2D eigenvalue weighted by Gasteiger charge is 2.26. The lowest BCUT2D eigenvalue weighted by atomic mass is 9.84. The molecule has 0 fully saturated rings. The Balaban J connectivity index is 3.99. The molecule has 0 aromatic heterocycles. The quantitative estimate of drug-likeness (QED) is 0.658. The summed E-state index contributed by atoms with van der Waals surface area (Å²) in [6.45, 7) is 7.59. The predicted molar refractivity (Wildman–Crippen MR) is 48.8 cm³/mol. The highest BCUT2D eigenvalue weighted by Crippen LogP contribution is 2.26. The molecule has 0 rings (SSSR count). The number of rotatable bonds is 5. The van der Waals surface area contributed by atoms with E-state index in [0.717, 1.165) is 13.0 Å². The maximum Gasteiger partial charge on any atom is 0.0746 e. The summed E-state index contributed by atoms with van der Waals surface area (Å²) >= 11 is 0. The predicted octanol–water partition coefficient (Wildman–Crippen LogP) is 1.66. The third-order valence-corrected chi connectivity index (χ3v) is 2.46.